The van der Waals surface area contributed by atoms with Crippen molar-refractivity contribution in [2.45, 2.75) is 32.2 Å². The first-order chi connectivity index (χ1) is 14.2. The summed E-state index contributed by atoms with van der Waals surface area (Å²) in [6.45, 7) is 8.83. The lowest BCUT2D eigenvalue weighted by Crippen LogP contribution is -3.09. The van der Waals surface area contributed by atoms with E-state index >= 15 is 0 Å². The monoisotopic (exact) mass is 430 g/mol. The molecule has 0 spiro atoms. The zero-order valence-electron chi connectivity index (χ0n) is 18.3. The molecule has 0 saturated carbocycles. The Hall–Kier alpha value is -2.22. The highest BCUT2D eigenvalue weighted by Crippen LogP contribution is 2.18. The maximum Gasteiger partial charge on any atom is 0.277 e. The third-order valence-corrected chi connectivity index (χ3v) is 7.61. The predicted molar refractivity (Wildman–Crippen MR) is 118 cm³/mol. The van der Waals surface area contributed by atoms with Gasteiger partial charge in [-0.2, -0.15) is 4.31 Å². The smallest absolute Gasteiger partial charge is 0.277 e. The molecule has 1 saturated heterocycles. The highest BCUT2D eigenvalue weighted by Gasteiger charge is 2.30. The summed E-state index contributed by atoms with van der Waals surface area (Å²) in [6, 6.07) is 13.3. The number of amides is 1. The van der Waals surface area contributed by atoms with Gasteiger partial charge in [-0.25, -0.2) is 8.42 Å². The van der Waals surface area contributed by atoms with Crippen molar-refractivity contribution in [3.63, 3.8) is 0 Å². The van der Waals surface area contributed by atoms with E-state index in [9.17, 15) is 13.2 Å². The second-order valence-electron chi connectivity index (χ2n) is 8.34. The van der Waals surface area contributed by atoms with Crippen molar-refractivity contribution < 1.29 is 18.1 Å². The van der Waals surface area contributed by atoms with Crippen LogP contribution < -0.4 is 4.90 Å². The molecule has 0 aromatic heterocycles. The van der Waals surface area contributed by atoms with Crippen LogP contribution in [-0.4, -0.2) is 63.3 Å². The average molecular weight is 431 g/mol. The number of quaternary nitrogens is 1. The summed E-state index contributed by atoms with van der Waals surface area (Å²) in [7, 11) is -1.49. The molecule has 1 aliphatic heterocycles. The number of hydrogen-bond donors (Lipinski definition) is 1. The third-order valence-electron chi connectivity index (χ3n) is 5.69. The number of nitrogens with one attached hydrogen (secondary N) is 1. The molecule has 1 fully saturated rings. The van der Waals surface area contributed by atoms with E-state index in [1.807, 2.05) is 14.0 Å². The van der Waals surface area contributed by atoms with Crippen LogP contribution >= 0.6 is 0 Å². The van der Waals surface area contributed by atoms with Gasteiger partial charge in [-0.05, 0) is 38.5 Å². The average Bonchev–Trinajstić information content (AvgIpc) is 2.70. The Morgan fingerprint density at radius 1 is 0.933 bits per heavy atom. The van der Waals surface area contributed by atoms with Gasteiger partial charge in [0.05, 0.1) is 11.9 Å². The number of hydrogen-bond acceptors (Lipinski definition) is 3. The molecule has 1 heterocycles. The Morgan fingerprint density at radius 3 is 2.13 bits per heavy atom. The van der Waals surface area contributed by atoms with Crippen LogP contribution in [0.2, 0.25) is 0 Å². The quantitative estimate of drug-likeness (QED) is 0.748. The maximum absolute atomic E-state index is 12.8. The van der Waals surface area contributed by atoms with Crippen LogP contribution in [0.1, 0.15) is 22.3 Å². The number of carbonyl (C=O) groups is 1. The van der Waals surface area contributed by atoms with Gasteiger partial charge in [0, 0.05) is 31.7 Å². The van der Waals surface area contributed by atoms with Gasteiger partial charge in [0.1, 0.15) is 6.54 Å². The lowest BCUT2D eigenvalue weighted by Gasteiger charge is -2.34. The fourth-order valence-electron chi connectivity index (χ4n) is 3.84. The molecule has 7 heteroatoms. The summed E-state index contributed by atoms with van der Waals surface area (Å²) in [4.78, 5) is 16.0. The molecule has 30 heavy (non-hydrogen) atoms. The van der Waals surface area contributed by atoms with Crippen molar-refractivity contribution in [1.29, 1.82) is 0 Å². The summed E-state index contributed by atoms with van der Waals surface area (Å²) < 4.78 is 27.1. The summed E-state index contributed by atoms with van der Waals surface area (Å²) >= 11 is 0. The van der Waals surface area contributed by atoms with Gasteiger partial charge in [0.15, 0.2) is 6.54 Å². The SMILES string of the molecule is Cc1ccc(S(=O)(=O)N2CCN(C(=O)C[NH+](C)Cc3ccc(C)cc3C)CC2)cc1. The molecule has 0 aliphatic carbocycles. The molecule has 0 bridgehead atoms. The largest absolute Gasteiger partial charge is 0.335 e. The molecule has 1 atom stereocenters. The minimum Gasteiger partial charge on any atom is -0.335 e. The molecule has 2 aromatic carbocycles. The standard InChI is InChI=1S/C23H31N3O3S/c1-18-6-9-22(10-7-18)30(28,29)26-13-11-25(12-14-26)23(27)17-24(4)16-21-8-5-19(2)15-20(21)3/h5-10,15H,11-14,16-17H2,1-4H3/p+1. The topological polar surface area (TPSA) is 62.1 Å². The van der Waals surface area contributed by atoms with E-state index in [1.54, 1.807) is 29.2 Å². The number of likely N-dealkylation sites (N-methyl/N-ethyl adjacent to an activating group) is 1. The van der Waals surface area contributed by atoms with Gasteiger partial charge in [0.25, 0.3) is 5.91 Å². The highest BCUT2D eigenvalue weighted by molar-refractivity contribution is 7.89. The number of carbonyl (C=O) groups excluding carboxylic acids is 1. The van der Waals surface area contributed by atoms with E-state index in [0.717, 1.165) is 17.0 Å². The fraction of sp³-hybridized carbons (Fsp3) is 0.435. The lowest BCUT2D eigenvalue weighted by molar-refractivity contribution is -0.885. The van der Waals surface area contributed by atoms with Crippen molar-refractivity contribution in [3.05, 3.63) is 64.7 Å². The molecule has 6 nitrogen and oxygen atoms in total. The zero-order valence-corrected chi connectivity index (χ0v) is 19.1. The third kappa shape index (κ3) is 5.28. The molecule has 2 aromatic rings. The van der Waals surface area contributed by atoms with Crippen molar-refractivity contribution in [2.24, 2.45) is 0 Å². The summed E-state index contributed by atoms with van der Waals surface area (Å²) in [5.74, 6) is 0.0737. The molecular weight excluding hydrogens is 398 g/mol. The predicted octanol–water partition coefficient (Wildman–Crippen LogP) is 1.16. The van der Waals surface area contributed by atoms with Crippen molar-refractivity contribution in [3.8, 4) is 0 Å². The maximum atomic E-state index is 12.8. The number of rotatable bonds is 6. The number of benzene rings is 2. The van der Waals surface area contributed by atoms with E-state index in [1.165, 1.54) is 21.0 Å². The van der Waals surface area contributed by atoms with Crippen molar-refractivity contribution >= 4 is 15.9 Å². The van der Waals surface area contributed by atoms with Crippen LogP contribution in [0.5, 0.6) is 0 Å². The Balaban J connectivity index is 1.54. The molecule has 162 valence electrons. The van der Waals surface area contributed by atoms with E-state index in [2.05, 4.69) is 32.0 Å². The number of sulfonamides is 1. The fourth-order valence-corrected chi connectivity index (χ4v) is 5.26. The van der Waals surface area contributed by atoms with Gasteiger partial charge >= 0.3 is 0 Å². The van der Waals surface area contributed by atoms with Crippen LogP contribution in [0.4, 0.5) is 0 Å². The molecule has 0 radical (unpaired) electrons. The first kappa shape index (κ1) is 22.5. The number of aryl methyl sites for hydroxylation is 3. The normalized spacial score (nSPS) is 16.5. The van der Waals surface area contributed by atoms with Crippen LogP contribution in [0.25, 0.3) is 0 Å². The molecule has 1 unspecified atom stereocenters. The lowest BCUT2D eigenvalue weighted by atomic mass is 10.1. The number of piperazine rings is 1. The van der Waals surface area contributed by atoms with Crippen LogP contribution in [-0.2, 0) is 21.4 Å². The Morgan fingerprint density at radius 2 is 1.53 bits per heavy atom. The molecule has 3 rings (SSSR count). The van der Waals surface area contributed by atoms with Gasteiger partial charge in [0.2, 0.25) is 10.0 Å². The van der Waals surface area contributed by atoms with Gasteiger partial charge in [-0.15, -0.1) is 0 Å². The van der Waals surface area contributed by atoms with E-state index < -0.39 is 10.0 Å². The van der Waals surface area contributed by atoms with Crippen molar-refractivity contribution in [2.75, 3.05) is 39.8 Å². The minimum atomic E-state index is -3.51. The second kappa shape index (κ2) is 9.29. The molecule has 1 aliphatic rings. The van der Waals surface area contributed by atoms with Gasteiger partial charge in [-0.3, -0.25) is 4.79 Å². The van der Waals surface area contributed by atoms with Crippen LogP contribution in [0, 0.1) is 20.8 Å². The first-order valence-electron chi connectivity index (χ1n) is 10.4. The zero-order chi connectivity index (χ0) is 21.9. The van der Waals surface area contributed by atoms with E-state index in [-0.39, 0.29) is 5.91 Å². The van der Waals surface area contributed by atoms with Gasteiger partial charge in [-0.1, -0.05) is 41.5 Å². The number of nitrogens with zero attached hydrogens (tertiary/aromatic N) is 2. The van der Waals surface area contributed by atoms with E-state index in [4.69, 9.17) is 0 Å². The molecule has 1 amide bonds. The Kier molecular flexibility index (Phi) is 6.95. The second-order valence-corrected chi connectivity index (χ2v) is 10.3. The van der Waals surface area contributed by atoms with E-state index in [0.29, 0.717) is 37.6 Å². The molecular formula is C23H32N3O3S+. The van der Waals surface area contributed by atoms with Crippen LogP contribution in [0.3, 0.4) is 0 Å². The summed E-state index contributed by atoms with van der Waals surface area (Å²) in [5.41, 5.74) is 4.76. The molecule has 1 N–H and O–H groups in total. The summed E-state index contributed by atoms with van der Waals surface area (Å²) in [5, 5.41) is 0. The Labute approximate surface area is 180 Å². The van der Waals surface area contributed by atoms with Gasteiger partial charge < -0.3 is 9.80 Å². The minimum absolute atomic E-state index is 0.0737. The Bertz CT molecular complexity index is 995. The van der Waals surface area contributed by atoms with Crippen molar-refractivity contribution in [1.82, 2.24) is 9.21 Å². The first-order valence-corrected chi connectivity index (χ1v) is 11.8. The highest BCUT2D eigenvalue weighted by atomic mass is 32.2. The summed E-state index contributed by atoms with van der Waals surface area (Å²) in [6.07, 6.45) is 0. The van der Waals surface area contributed by atoms with Crippen LogP contribution in [0.15, 0.2) is 47.4 Å².